The highest BCUT2D eigenvalue weighted by Crippen LogP contribution is 2.26. The Kier molecular flexibility index (Phi) is 4.39. The maximum atomic E-state index is 12.2. The molecule has 0 fully saturated rings. The van der Waals surface area contributed by atoms with Crippen LogP contribution in [0.25, 0.3) is 10.9 Å². The van der Waals surface area contributed by atoms with Gasteiger partial charge < -0.3 is 20.7 Å². The number of hydrogen-bond donors (Lipinski definition) is 4. The van der Waals surface area contributed by atoms with Gasteiger partial charge in [0.2, 0.25) is 5.91 Å². The van der Waals surface area contributed by atoms with Crippen LogP contribution >= 0.6 is 11.6 Å². The summed E-state index contributed by atoms with van der Waals surface area (Å²) < 4.78 is 0. The van der Waals surface area contributed by atoms with Gasteiger partial charge in [0.05, 0.1) is 17.8 Å². The van der Waals surface area contributed by atoms with Crippen molar-refractivity contribution in [3.8, 4) is 5.75 Å². The number of carbonyl (C=O) groups is 2. The minimum absolute atomic E-state index is 0.101. The van der Waals surface area contributed by atoms with Gasteiger partial charge in [-0.1, -0.05) is 29.8 Å². The van der Waals surface area contributed by atoms with Crippen molar-refractivity contribution >= 4 is 40.0 Å². The Balaban J connectivity index is 1.64. The summed E-state index contributed by atoms with van der Waals surface area (Å²) in [4.78, 5) is 27.1. The molecule has 0 saturated heterocycles. The van der Waals surface area contributed by atoms with Crippen molar-refractivity contribution < 1.29 is 14.7 Å². The second kappa shape index (κ2) is 6.64. The summed E-state index contributed by atoms with van der Waals surface area (Å²) in [5.41, 5.74) is 1.49. The van der Waals surface area contributed by atoms with E-state index in [1.54, 1.807) is 6.20 Å². The fourth-order valence-electron chi connectivity index (χ4n) is 2.32. The van der Waals surface area contributed by atoms with Gasteiger partial charge in [0.15, 0.2) is 0 Å². The minimum atomic E-state index is -0.472. The molecule has 0 aliphatic carbocycles. The van der Waals surface area contributed by atoms with Crippen molar-refractivity contribution in [3.63, 3.8) is 0 Å². The van der Waals surface area contributed by atoms with Crippen LogP contribution in [0.15, 0.2) is 48.7 Å². The molecule has 0 atom stereocenters. The van der Waals surface area contributed by atoms with Crippen LogP contribution in [0.3, 0.4) is 0 Å². The molecule has 6 nitrogen and oxygen atoms in total. The quantitative estimate of drug-likeness (QED) is 0.549. The summed E-state index contributed by atoms with van der Waals surface area (Å²) in [6, 6.07) is 11.7. The molecule has 0 aliphatic rings. The van der Waals surface area contributed by atoms with Gasteiger partial charge in [0, 0.05) is 22.1 Å². The molecule has 3 aromatic rings. The number of para-hydroxylation sites is 1. The Morgan fingerprint density at radius 1 is 1.17 bits per heavy atom. The molecule has 1 aromatic heterocycles. The molecule has 122 valence electrons. The lowest BCUT2D eigenvalue weighted by atomic mass is 10.1. The van der Waals surface area contributed by atoms with Gasteiger partial charge in [-0.3, -0.25) is 9.59 Å². The molecule has 0 spiro atoms. The van der Waals surface area contributed by atoms with Crippen LogP contribution in [0.2, 0.25) is 5.02 Å². The first-order chi connectivity index (χ1) is 11.5. The smallest absolute Gasteiger partial charge is 0.253 e. The SMILES string of the molecule is O=C(CNC(=O)c1c[nH]c2ccccc12)Nc1cc(Cl)ccc1O. The van der Waals surface area contributed by atoms with Crippen LogP contribution in [0.1, 0.15) is 10.4 Å². The number of carbonyl (C=O) groups excluding carboxylic acids is 2. The van der Waals surface area contributed by atoms with Crippen LogP contribution in [0.5, 0.6) is 5.75 Å². The summed E-state index contributed by atoms with van der Waals surface area (Å²) in [5.74, 6) is -0.936. The highest BCUT2D eigenvalue weighted by molar-refractivity contribution is 6.31. The van der Waals surface area contributed by atoms with Gasteiger partial charge in [-0.05, 0) is 24.3 Å². The highest BCUT2D eigenvalue weighted by Gasteiger charge is 2.13. The number of anilines is 1. The van der Waals surface area contributed by atoms with E-state index in [-0.39, 0.29) is 23.9 Å². The molecule has 0 aliphatic heterocycles. The van der Waals surface area contributed by atoms with E-state index in [2.05, 4.69) is 15.6 Å². The number of benzene rings is 2. The van der Waals surface area contributed by atoms with Gasteiger partial charge in [-0.2, -0.15) is 0 Å². The summed E-state index contributed by atoms with van der Waals surface area (Å²) in [6.45, 7) is -0.232. The van der Waals surface area contributed by atoms with E-state index in [0.717, 1.165) is 10.9 Å². The van der Waals surface area contributed by atoms with E-state index in [0.29, 0.717) is 10.6 Å². The number of phenolic OH excluding ortho intramolecular Hbond substituents is 1. The van der Waals surface area contributed by atoms with Crippen molar-refractivity contribution in [2.45, 2.75) is 0 Å². The van der Waals surface area contributed by atoms with Gasteiger partial charge in [0.25, 0.3) is 5.91 Å². The number of fused-ring (bicyclic) bond motifs is 1. The summed E-state index contributed by atoms with van der Waals surface area (Å²) in [6.07, 6.45) is 1.60. The molecule has 2 amide bonds. The lowest BCUT2D eigenvalue weighted by molar-refractivity contribution is -0.115. The number of hydrogen-bond acceptors (Lipinski definition) is 3. The fourth-order valence-corrected chi connectivity index (χ4v) is 2.49. The Bertz CT molecular complexity index is 920. The zero-order valence-corrected chi connectivity index (χ0v) is 13.2. The Hall–Kier alpha value is -2.99. The first kappa shape index (κ1) is 15.9. The van der Waals surface area contributed by atoms with Crippen LogP contribution in [0, 0.1) is 0 Å². The van der Waals surface area contributed by atoms with Gasteiger partial charge in [-0.25, -0.2) is 0 Å². The largest absolute Gasteiger partial charge is 0.506 e. The standard InChI is InChI=1S/C17H14ClN3O3/c18-10-5-6-15(22)14(7-10)21-16(23)9-20-17(24)12-8-19-13-4-2-1-3-11(12)13/h1-8,19,22H,9H2,(H,20,24)(H,21,23). The molecule has 2 aromatic carbocycles. The van der Waals surface area contributed by atoms with Crippen molar-refractivity contribution in [1.29, 1.82) is 0 Å². The van der Waals surface area contributed by atoms with Crippen molar-refractivity contribution in [2.75, 3.05) is 11.9 Å². The molecular weight excluding hydrogens is 330 g/mol. The van der Waals surface area contributed by atoms with E-state index < -0.39 is 5.91 Å². The zero-order valence-electron chi connectivity index (χ0n) is 12.5. The van der Waals surface area contributed by atoms with Crippen molar-refractivity contribution in [1.82, 2.24) is 10.3 Å². The van der Waals surface area contributed by atoms with Crippen molar-refractivity contribution in [3.05, 3.63) is 59.2 Å². The monoisotopic (exact) mass is 343 g/mol. The maximum absolute atomic E-state index is 12.2. The molecule has 4 N–H and O–H groups in total. The van der Waals surface area contributed by atoms with Gasteiger partial charge in [-0.15, -0.1) is 0 Å². The lowest BCUT2D eigenvalue weighted by Crippen LogP contribution is -2.32. The number of aromatic nitrogens is 1. The molecule has 7 heteroatoms. The summed E-state index contributed by atoms with van der Waals surface area (Å²) in [7, 11) is 0. The third-order valence-electron chi connectivity index (χ3n) is 3.48. The normalized spacial score (nSPS) is 10.5. The predicted molar refractivity (Wildman–Crippen MR) is 92.4 cm³/mol. The number of aromatic amines is 1. The second-order valence-electron chi connectivity index (χ2n) is 5.14. The molecule has 1 heterocycles. The Morgan fingerprint density at radius 3 is 2.79 bits per heavy atom. The van der Waals surface area contributed by atoms with Crippen molar-refractivity contribution in [2.24, 2.45) is 0 Å². The average molecular weight is 344 g/mol. The van der Waals surface area contributed by atoms with Crippen LogP contribution in [-0.4, -0.2) is 28.4 Å². The zero-order chi connectivity index (χ0) is 17.1. The van der Waals surface area contributed by atoms with E-state index in [1.165, 1.54) is 18.2 Å². The van der Waals surface area contributed by atoms with Crippen LogP contribution in [-0.2, 0) is 4.79 Å². The third kappa shape index (κ3) is 3.33. The highest BCUT2D eigenvalue weighted by atomic mass is 35.5. The summed E-state index contributed by atoms with van der Waals surface area (Å²) >= 11 is 5.82. The number of aromatic hydroxyl groups is 1. The minimum Gasteiger partial charge on any atom is -0.506 e. The first-order valence-corrected chi connectivity index (χ1v) is 7.55. The number of amides is 2. The van der Waals surface area contributed by atoms with E-state index in [9.17, 15) is 14.7 Å². The van der Waals surface area contributed by atoms with Gasteiger partial charge in [0.1, 0.15) is 5.75 Å². The molecule has 0 unspecified atom stereocenters. The Morgan fingerprint density at radius 2 is 1.96 bits per heavy atom. The number of halogens is 1. The predicted octanol–water partition coefficient (Wildman–Crippen LogP) is 2.90. The fraction of sp³-hybridized carbons (Fsp3) is 0.0588. The molecule has 24 heavy (non-hydrogen) atoms. The van der Waals surface area contributed by atoms with Crippen LogP contribution < -0.4 is 10.6 Å². The molecule has 0 radical (unpaired) electrons. The second-order valence-corrected chi connectivity index (χ2v) is 5.58. The number of rotatable bonds is 4. The Labute approximate surface area is 142 Å². The van der Waals surface area contributed by atoms with E-state index >= 15 is 0 Å². The van der Waals surface area contributed by atoms with E-state index in [4.69, 9.17) is 11.6 Å². The third-order valence-corrected chi connectivity index (χ3v) is 3.71. The topological polar surface area (TPSA) is 94.2 Å². The maximum Gasteiger partial charge on any atom is 0.253 e. The molecule has 3 rings (SSSR count). The number of nitrogens with one attached hydrogen (secondary N) is 3. The average Bonchev–Trinajstić information content (AvgIpc) is 3.00. The molecule has 0 saturated carbocycles. The lowest BCUT2D eigenvalue weighted by Gasteiger charge is -2.08. The number of phenols is 1. The van der Waals surface area contributed by atoms with E-state index in [1.807, 2.05) is 24.3 Å². The molecule has 0 bridgehead atoms. The summed E-state index contributed by atoms with van der Waals surface area (Å²) in [5, 5.41) is 15.9. The van der Waals surface area contributed by atoms with Gasteiger partial charge >= 0.3 is 0 Å². The number of H-pyrrole nitrogens is 1. The van der Waals surface area contributed by atoms with Crippen LogP contribution in [0.4, 0.5) is 5.69 Å². The first-order valence-electron chi connectivity index (χ1n) is 7.17. The molecular formula is C17H14ClN3O3.